The first-order chi connectivity index (χ1) is 8.84. The lowest BCUT2D eigenvalue weighted by Crippen LogP contribution is -2.41. The number of rotatable bonds is 4. The first-order valence-electron chi connectivity index (χ1n) is 7.20. The van der Waals surface area contributed by atoms with Crippen molar-refractivity contribution in [2.45, 2.75) is 57.7 Å². The fourth-order valence-corrected chi connectivity index (χ4v) is 4.25. The zero-order chi connectivity index (χ0) is 12.4. The van der Waals surface area contributed by atoms with Crippen molar-refractivity contribution in [3.05, 3.63) is 16.1 Å². The molecule has 4 heteroatoms. The summed E-state index contributed by atoms with van der Waals surface area (Å²) in [6, 6.07) is 1.48. The quantitative estimate of drug-likeness (QED) is 0.878. The average Bonchev–Trinajstić information content (AvgIpc) is 3.07. The molecule has 1 saturated heterocycles. The van der Waals surface area contributed by atoms with Crippen LogP contribution in [0.25, 0.3) is 0 Å². The molecule has 0 bridgehead atoms. The highest BCUT2D eigenvalue weighted by Gasteiger charge is 2.34. The van der Waals surface area contributed by atoms with Crippen LogP contribution in [-0.4, -0.2) is 23.6 Å². The highest BCUT2D eigenvalue weighted by Crippen LogP contribution is 2.32. The molecule has 0 radical (unpaired) electrons. The van der Waals surface area contributed by atoms with Crippen molar-refractivity contribution in [2.75, 3.05) is 6.54 Å². The lowest BCUT2D eigenvalue weighted by atomic mass is 9.93. The Kier molecular flexibility index (Phi) is 3.97. The number of hydrogen-bond acceptors (Lipinski definition) is 4. The van der Waals surface area contributed by atoms with Crippen molar-refractivity contribution < 1.29 is 0 Å². The van der Waals surface area contributed by atoms with Gasteiger partial charge in [0, 0.05) is 23.5 Å². The molecule has 3 unspecified atom stereocenters. The molecule has 2 heterocycles. The SMILES string of the molecule is Cc1ncsc1CNC1CCCC1C1CCCN1. The zero-order valence-electron chi connectivity index (χ0n) is 11.1. The van der Waals surface area contributed by atoms with Gasteiger partial charge in [-0.3, -0.25) is 0 Å². The minimum absolute atomic E-state index is 0.710. The molecule has 3 nitrogen and oxygen atoms in total. The Labute approximate surface area is 113 Å². The smallest absolute Gasteiger partial charge is 0.0798 e. The standard InChI is InChI=1S/C14H23N3S/c1-10-14(18-9-17-10)8-16-13-5-2-4-11(13)12-6-3-7-15-12/h9,11-13,15-16H,2-8H2,1H3. The van der Waals surface area contributed by atoms with Gasteiger partial charge >= 0.3 is 0 Å². The second kappa shape index (κ2) is 5.68. The zero-order valence-corrected chi connectivity index (χ0v) is 11.9. The Bertz CT molecular complexity index is 384. The lowest BCUT2D eigenvalue weighted by molar-refractivity contribution is 0.320. The summed E-state index contributed by atoms with van der Waals surface area (Å²) in [6.07, 6.45) is 6.88. The van der Waals surface area contributed by atoms with E-state index in [1.165, 1.54) is 49.2 Å². The summed E-state index contributed by atoms with van der Waals surface area (Å²) in [6.45, 7) is 4.34. The van der Waals surface area contributed by atoms with Gasteiger partial charge in [-0.15, -0.1) is 11.3 Å². The number of nitrogens with one attached hydrogen (secondary N) is 2. The fraction of sp³-hybridized carbons (Fsp3) is 0.786. The van der Waals surface area contributed by atoms with Crippen LogP contribution in [0.4, 0.5) is 0 Å². The van der Waals surface area contributed by atoms with Crippen molar-refractivity contribution in [1.29, 1.82) is 0 Å². The Morgan fingerprint density at radius 2 is 2.33 bits per heavy atom. The van der Waals surface area contributed by atoms with Crippen LogP contribution >= 0.6 is 11.3 Å². The molecule has 2 aliphatic rings. The molecule has 0 spiro atoms. The second-order valence-corrected chi connectivity index (χ2v) is 6.59. The van der Waals surface area contributed by atoms with Crippen LogP contribution in [0, 0.1) is 12.8 Å². The third-order valence-electron chi connectivity index (χ3n) is 4.55. The maximum atomic E-state index is 4.32. The molecule has 2 fully saturated rings. The van der Waals surface area contributed by atoms with Crippen molar-refractivity contribution in [3.8, 4) is 0 Å². The Morgan fingerprint density at radius 1 is 1.39 bits per heavy atom. The maximum Gasteiger partial charge on any atom is 0.0798 e. The third kappa shape index (κ3) is 2.60. The lowest BCUT2D eigenvalue weighted by Gasteiger charge is -2.26. The number of aryl methyl sites for hydroxylation is 1. The maximum absolute atomic E-state index is 4.32. The van der Waals surface area contributed by atoms with Gasteiger partial charge in [0.2, 0.25) is 0 Å². The summed E-state index contributed by atoms with van der Waals surface area (Å²) in [5.74, 6) is 0.848. The molecule has 18 heavy (non-hydrogen) atoms. The number of thiazole rings is 1. The average molecular weight is 265 g/mol. The van der Waals surface area contributed by atoms with Gasteiger partial charge in [0.1, 0.15) is 0 Å². The van der Waals surface area contributed by atoms with Gasteiger partial charge in [0.15, 0.2) is 0 Å². The summed E-state index contributed by atoms with van der Waals surface area (Å²) in [7, 11) is 0. The van der Waals surface area contributed by atoms with E-state index >= 15 is 0 Å². The van der Waals surface area contributed by atoms with Crippen LogP contribution < -0.4 is 10.6 Å². The van der Waals surface area contributed by atoms with E-state index in [1.54, 1.807) is 11.3 Å². The van der Waals surface area contributed by atoms with Gasteiger partial charge < -0.3 is 10.6 Å². The Balaban J connectivity index is 1.56. The van der Waals surface area contributed by atoms with E-state index in [0.717, 1.165) is 18.5 Å². The van der Waals surface area contributed by atoms with Crippen LogP contribution in [0.1, 0.15) is 42.7 Å². The fourth-order valence-electron chi connectivity index (χ4n) is 3.52. The van der Waals surface area contributed by atoms with Gasteiger partial charge in [-0.1, -0.05) is 6.42 Å². The monoisotopic (exact) mass is 265 g/mol. The number of hydrogen-bond donors (Lipinski definition) is 2. The predicted molar refractivity (Wildman–Crippen MR) is 75.8 cm³/mol. The van der Waals surface area contributed by atoms with Crippen LogP contribution in [0.3, 0.4) is 0 Å². The van der Waals surface area contributed by atoms with Crippen LogP contribution in [0.15, 0.2) is 5.51 Å². The van der Waals surface area contributed by atoms with Gasteiger partial charge in [-0.2, -0.15) is 0 Å². The molecule has 3 rings (SSSR count). The predicted octanol–water partition coefficient (Wildman–Crippen LogP) is 2.46. The minimum Gasteiger partial charge on any atom is -0.314 e. The van der Waals surface area contributed by atoms with E-state index in [2.05, 4.69) is 22.5 Å². The molecular formula is C14H23N3S. The third-order valence-corrected chi connectivity index (χ3v) is 5.49. The second-order valence-electron chi connectivity index (χ2n) is 5.65. The Morgan fingerprint density at radius 3 is 3.06 bits per heavy atom. The van der Waals surface area contributed by atoms with Crippen LogP contribution in [0.2, 0.25) is 0 Å². The van der Waals surface area contributed by atoms with E-state index in [0.29, 0.717) is 6.04 Å². The summed E-state index contributed by atoms with van der Waals surface area (Å²) in [4.78, 5) is 5.73. The largest absolute Gasteiger partial charge is 0.314 e. The van der Waals surface area contributed by atoms with Crippen molar-refractivity contribution >= 4 is 11.3 Å². The number of aromatic nitrogens is 1. The highest BCUT2D eigenvalue weighted by atomic mass is 32.1. The van der Waals surface area contributed by atoms with Gasteiger partial charge in [0.25, 0.3) is 0 Å². The summed E-state index contributed by atoms with van der Waals surface area (Å²) < 4.78 is 0. The molecule has 1 aromatic heterocycles. The Hall–Kier alpha value is -0.450. The van der Waals surface area contributed by atoms with Gasteiger partial charge in [-0.25, -0.2) is 4.98 Å². The highest BCUT2D eigenvalue weighted by molar-refractivity contribution is 7.09. The van der Waals surface area contributed by atoms with E-state index in [1.807, 2.05) is 5.51 Å². The van der Waals surface area contributed by atoms with E-state index < -0.39 is 0 Å². The van der Waals surface area contributed by atoms with Crippen molar-refractivity contribution in [1.82, 2.24) is 15.6 Å². The molecule has 1 aliphatic carbocycles. The molecule has 2 N–H and O–H groups in total. The molecule has 0 amide bonds. The summed E-state index contributed by atoms with van der Waals surface area (Å²) >= 11 is 1.78. The van der Waals surface area contributed by atoms with Crippen LogP contribution in [-0.2, 0) is 6.54 Å². The van der Waals surface area contributed by atoms with E-state index in [-0.39, 0.29) is 0 Å². The first kappa shape index (κ1) is 12.6. The van der Waals surface area contributed by atoms with Crippen molar-refractivity contribution in [2.24, 2.45) is 5.92 Å². The summed E-state index contributed by atoms with van der Waals surface area (Å²) in [5, 5.41) is 7.47. The minimum atomic E-state index is 0.710. The molecule has 3 atom stereocenters. The topological polar surface area (TPSA) is 37.0 Å². The van der Waals surface area contributed by atoms with E-state index in [4.69, 9.17) is 0 Å². The molecule has 1 saturated carbocycles. The van der Waals surface area contributed by atoms with Gasteiger partial charge in [0.05, 0.1) is 11.2 Å². The molecule has 100 valence electrons. The normalized spacial score (nSPS) is 32.2. The molecule has 0 aromatic carbocycles. The number of nitrogens with zero attached hydrogens (tertiary/aromatic N) is 1. The molecule has 1 aromatic rings. The summed E-state index contributed by atoms with van der Waals surface area (Å²) in [5.41, 5.74) is 3.15. The molecule has 1 aliphatic heterocycles. The van der Waals surface area contributed by atoms with Gasteiger partial charge in [-0.05, 0) is 45.1 Å². The van der Waals surface area contributed by atoms with Crippen molar-refractivity contribution in [3.63, 3.8) is 0 Å². The van der Waals surface area contributed by atoms with E-state index in [9.17, 15) is 0 Å². The first-order valence-corrected chi connectivity index (χ1v) is 8.08. The van der Waals surface area contributed by atoms with Crippen LogP contribution in [0.5, 0.6) is 0 Å². The molecular weight excluding hydrogens is 242 g/mol.